The molecule has 0 spiro atoms. The van der Waals surface area contributed by atoms with E-state index in [4.69, 9.17) is 23.4 Å². The molecule has 0 saturated heterocycles. The normalized spacial score (nSPS) is 11.2. The first-order chi connectivity index (χ1) is 11.1. The number of carbonyl (C=O) groups is 1. The van der Waals surface area contributed by atoms with Crippen molar-refractivity contribution in [2.45, 2.75) is 0 Å². The van der Waals surface area contributed by atoms with Gasteiger partial charge in [-0.15, -0.1) is 0 Å². The van der Waals surface area contributed by atoms with Gasteiger partial charge >= 0.3 is 0 Å². The maximum atomic E-state index is 12.0. The SMILES string of the molecule is O=C(Nc1ccc2c3cc(Cl)ccc3n(Cl)c2n1)c1ccn[nH]1. The topological polar surface area (TPSA) is 75.6 Å². The molecule has 0 aliphatic carbocycles. The molecule has 0 radical (unpaired) electrons. The Morgan fingerprint density at radius 1 is 1.17 bits per heavy atom. The summed E-state index contributed by atoms with van der Waals surface area (Å²) in [7, 11) is 0. The number of halogens is 2. The fraction of sp³-hybridized carbons (Fsp3) is 0. The molecule has 0 aliphatic rings. The predicted octanol–water partition coefficient (Wildman–Crippen LogP) is 3.82. The fourth-order valence-electron chi connectivity index (χ4n) is 2.45. The third-order valence-corrected chi connectivity index (χ3v) is 4.09. The van der Waals surface area contributed by atoms with Gasteiger partial charge in [0.25, 0.3) is 5.91 Å². The van der Waals surface area contributed by atoms with E-state index in [0.29, 0.717) is 22.2 Å². The Labute approximate surface area is 140 Å². The summed E-state index contributed by atoms with van der Waals surface area (Å²) in [4.78, 5) is 16.4. The molecule has 23 heavy (non-hydrogen) atoms. The van der Waals surface area contributed by atoms with Gasteiger partial charge in [-0.2, -0.15) is 5.10 Å². The average Bonchev–Trinajstić information content (AvgIpc) is 3.16. The number of aromatic nitrogens is 4. The van der Waals surface area contributed by atoms with Crippen molar-refractivity contribution in [1.82, 2.24) is 19.3 Å². The highest BCUT2D eigenvalue weighted by Crippen LogP contribution is 2.31. The second kappa shape index (κ2) is 5.26. The number of H-pyrrole nitrogens is 1. The second-order valence-corrected chi connectivity index (χ2v) is 5.71. The number of carbonyl (C=O) groups excluding carboxylic acids is 1. The molecule has 1 amide bonds. The van der Waals surface area contributed by atoms with Crippen LogP contribution in [0, 0.1) is 0 Å². The summed E-state index contributed by atoms with van der Waals surface area (Å²) in [6.45, 7) is 0. The Hall–Kier alpha value is -2.57. The zero-order valence-electron chi connectivity index (χ0n) is 11.5. The van der Waals surface area contributed by atoms with E-state index in [2.05, 4.69) is 20.5 Å². The largest absolute Gasteiger partial charge is 0.305 e. The fourth-order valence-corrected chi connectivity index (χ4v) is 2.90. The Morgan fingerprint density at radius 3 is 2.83 bits per heavy atom. The summed E-state index contributed by atoms with van der Waals surface area (Å²) in [6, 6.07) is 10.6. The standard InChI is InChI=1S/C15H9Cl2N5O/c16-8-1-3-12-10(7-8)9-2-4-13(19-14(9)22(12)17)20-15(23)11-5-6-18-21-11/h1-7H,(H,18,21)(H,19,20,23). The van der Waals surface area contributed by atoms with Gasteiger partial charge in [0.05, 0.1) is 5.52 Å². The monoisotopic (exact) mass is 345 g/mol. The first-order valence-corrected chi connectivity index (χ1v) is 7.43. The summed E-state index contributed by atoms with van der Waals surface area (Å²) in [5.41, 5.74) is 1.70. The van der Waals surface area contributed by atoms with Crippen LogP contribution in [0.1, 0.15) is 10.5 Å². The molecule has 1 aromatic carbocycles. The van der Waals surface area contributed by atoms with E-state index in [0.717, 1.165) is 16.3 Å². The van der Waals surface area contributed by atoms with Crippen LogP contribution in [-0.4, -0.2) is 25.2 Å². The summed E-state index contributed by atoms with van der Waals surface area (Å²) in [5, 5.41) is 11.4. The van der Waals surface area contributed by atoms with Crippen molar-refractivity contribution in [3.05, 3.63) is 53.3 Å². The Balaban J connectivity index is 1.80. The highest BCUT2D eigenvalue weighted by atomic mass is 35.5. The smallest absolute Gasteiger partial charge is 0.274 e. The van der Waals surface area contributed by atoms with Crippen LogP contribution >= 0.6 is 23.4 Å². The van der Waals surface area contributed by atoms with Gasteiger partial charge in [-0.05, 0) is 36.4 Å². The minimum atomic E-state index is -0.324. The van der Waals surface area contributed by atoms with E-state index in [9.17, 15) is 4.79 Å². The molecule has 8 heteroatoms. The second-order valence-electron chi connectivity index (χ2n) is 4.93. The number of amides is 1. The van der Waals surface area contributed by atoms with E-state index in [-0.39, 0.29) is 5.91 Å². The third kappa shape index (κ3) is 2.32. The quantitative estimate of drug-likeness (QED) is 0.579. The Morgan fingerprint density at radius 2 is 2.04 bits per heavy atom. The summed E-state index contributed by atoms with van der Waals surface area (Å²) in [5.74, 6) is 0.0718. The summed E-state index contributed by atoms with van der Waals surface area (Å²) >= 11 is 12.4. The minimum Gasteiger partial charge on any atom is -0.305 e. The number of aromatic amines is 1. The van der Waals surface area contributed by atoms with E-state index in [1.54, 1.807) is 18.2 Å². The number of anilines is 1. The predicted molar refractivity (Wildman–Crippen MR) is 90.0 cm³/mol. The van der Waals surface area contributed by atoms with Gasteiger partial charge in [0, 0.05) is 33.8 Å². The molecular formula is C15H9Cl2N5O. The van der Waals surface area contributed by atoms with Crippen molar-refractivity contribution in [1.29, 1.82) is 0 Å². The zero-order chi connectivity index (χ0) is 16.0. The van der Waals surface area contributed by atoms with Crippen molar-refractivity contribution in [2.24, 2.45) is 0 Å². The third-order valence-electron chi connectivity index (χ3n) is 3.51. The molecule has 0 fully saturated rings. The summed E-state index contributed by atoms with van der Waals surface area (Å²) in [6.07, 6.45) is 1.51. The molecule has 114 valence electrons. The molecule has 0 aliphatic heterocycles. The van der Waals surface area contributed by atoms with Gasteiger partial charge < -0.3 is 5.32 Å². The van der Waals surface area contributed by atoms with Crippen molar-refractivity contribution >= 4 is 57.0 Å². The van der Waals surface area contributed by atoms with E-state index in [1.807, 2.05) is 18.2 Å². The number of hydrogen-bond acceptors (Lipinski definition) is 3. The lowest BCUT2D eigenvalue weighted by Gasteiger charge is -2.03. The van der Waals surface area contributed by atoms with Crippen LogP contribution in [0.3, 0.4) is 0 Å². The lowest BCUT2D eigenvalue weighted by atomic mass is 10.2. The van der Waals surface area contributed by atoms with Gasteiger partial charge in [0.1, 0.15) is 11.5 Å². The van der Waals surface area contributed by atoms with Crippen molar-refractivity contribution in [2.75, 3.05) is 5.32 Å². The average molecular weight is 346 g/mol. The summed E-state index contributed by atoms with van der Waals surface area (Å²) < 4.78 is 1.45. The maximum absolute atomic E-state index is 12.0. The van der Waals surface area contributed by atoms with Crippen LogP contribution in [0.25, 0.3) is 21.9 Å². The highest BCUT2D eigenvalue weighted by molar-refractivity contribution is 6.32. The van der Waals surface area contributed by atoms with Crippen LogP contribution in [0.15, 0.2) is 42.6 Å². The molecule has 6 nitrogen and oxygen atoms in total. The molecule has 0 unspecified atom stereocenters. The molecule has 2 N–H and O–H groups in total. The molecule has 4 aromatic rings. The number of rotatable bonds is 2. The molecule has 3 heterocycles. The van der Waals surface area contributed by atoms with Gasteiger partial charge in [0.15, 0.2) is 5.65 Å². The number of nitrogens with one attached hydrogen (secondary N) is 2. The number of hydrogen-bond donors (Lipinski definition) is 2. The number of nitrogens with zero attached hydrogens (tertiary/aromatic N) is 3. The van der Waals surface area contributed by atoms with Crippen molar-refractivity contribution in [3.8, 4) is 0 Å². The van der Waals surface area contributed by atoms with Crippen LogP contribution in [0.4, 0.5) is 5.82 Å². The van der Waals surface area contributed by atoms with Crippen molar-refractivity contribution < 1.29 is 4.79 Å². The molecule has 0 atom stereocenters. The lowest BCUT2D eigenvalue weighted by Crippen LogP contribution is -2.13. The molecule has 3 aromatic heterocycles. The Kier molecular flexibility index (Phi) is 3.21. The zero-order valence-corrected chi connectivity index (χ0v) is 13.1. The van der Waals surface area contributed by atoms with Gasteiger partial charge in [-0.1, -0.05) is 11.6 Å². The van der Waals surface area contributed by atoms with Crippen LogP contribution in [0.5, 0.6) is 0 Å². The molecule has 0 saturated carbocycles. The van der Waals surface area contributed by atoms with Gasteiger partial charge in [-0.25, -0.2) is 9.07 Å². The highest BCUT2D eigenvalue weighted by Gasteiger charge is 2.13. The number of pyridine rings is 1. The van der Waals surface area contributed by atoms with Crippen LogP contribution in [0.2, 0.25) is 5.02 Å². The number of benzene rings is 1. The molecule has 0 bridgehead atoms. The lowest BCUT2D eigenvalue weighted by molar-refractivity contribution is 0.102. The van der Waals surface area contributed by atoms with Crippen LogP contribution < -0.4 is 5.32 Å². The molecular weight excluding hydrogens is 337 g/mol. The Bertz CT molecular complexity index is 1040. The minimum absolute atomic E-state index is 0.324. The van der Waals surface area contributed by atoms with Gasteiger partial charge in [-0.3, -0.25) is 9.89 Å². The van der Waals surface area contributed by atoms with E-state index >= 15 is 0 Å². The van der Waals surface area contributed by atoms with E-state index < -0.39 is 0 Å². The van der Waals surface area contributed by atoms with Crippen molar-refractivity contribution in [3.63, 3.8) is 0 Å². The first kappa shape index (κ1) is 14.0. The van der Waals surface area contributed by atoms with E-state index in [1.165, 1.54) is 10.3 Å². The number of fused-ring (bicyclic) bond motifs is 3. The molecule has 4 rings (SSSR count). The van der Waals surface area contributed by atoms with Crippen LogP contribution in [-0.2, 0) is 0 Å². The maximum Gasteiger partial charge on any atom is 0.274 e. The van der Waals surface area contributed by atoms with Gasteiger partial charge in [0.2, 0.25) is 0 Å². The first-order valence-electron chi connectivity index (χ1n) is 6.71.